The summed E-state index contributed by atoms with van der Waals surface area (Å²) < 4.78 is 0. The van der Waals surface area contributed by atoms with E-state index >= 15 is 0 Å². The van der Waals surface area contributed by atoms with Crippen LogP contribution in [0.3, 0.4) is 0 Å². The van der Waals surface area contributed by atoms with Gasteiger partial charge in [0.2, 0.25) is 0 Å². The Bertz CT molecular complexity index is 927. The van der Waals surface area contributed by atoms with Gasteiger partial charge in [0, 0.05) is 30.7 Å². The first kappa shape index (κ1) is 18.3. The van der Waals surface area contributed by atoms with Crippen LogP contribution in [0.2, 0.25) is 0 Å². The fraction of sp³-hybridized carbons (Fsp3) is 0.136. The number of carbonyl (C=O) groups is 2. The van der Waals surface area contributed by atoms with Crippen molar-refractivity contribution < 1.29 is 9.59 Å². The van der Waals surface area contributed by atoms with Crippen molar-refractivity contribution >= 4 is 17.5 Å². The van der Waals surface area contributed by atoms with Crippen molar-refractivity contribution in [3.05, 3.63) is 95.8 Å². The predicted molar refractivity (Wildman–Crippen MR) is 106 cm³/mol. The molecule has 2 amide bonds. The second-order valence-corrected chi connectivity index (χ2v) is 6.28. The molecule has 1 heterocycles. The first-order valence-corrected chi connectivity index (χ1v) is 8.70. The first-order valence-electron chi connectivity index (χ1n) is 8.70. The number of aromatic nitrogens is 1. The zero-order valence-electron chi connectivity index (χ0n) is 15.3. The third kappa shape index (κ3) is 4.39. The molecule has 0 aliphatic rings. The van der Waals surface area contributed by atoms with Crippen LogP contribution in [0.15, 0.2) is 79.1 Å². The summed E-state index contributed by atoms with van der Waals surface area (Å²) in [5.74, 6) is -0.269. The molecule has 1 unspecified atom stereocenters. The molecule has 1 N–H and O–H groups in total. The van der Waals surface area contributed by atoms with Crippen molar-refractivity contribution in [3.8, 4) is 0 Å². The molecule has 27 heavy (non-hydrogen) atoms. The Kier molecular flexibility index (Phi) is 5.61. The first-order chi connectivity index (χ1) is 13.1. The van der Waals surface area contributed by atoms with E-state index in [1.54, 1.807) is 48.6 Å². The van der Waals surface area contributed by atoms with Crippen molar-refractivity contribution in [3.63, 3.8) is 0 Å². The van der Waals surface area contributed by atoms with Crippen LogP contribution in [-0.2, 0) is 0 Å². The van der Waals surface area contributed by atoms with Gasteiger partial charge in [-0.05, 0) is 48.9 Å². The molecule has 5 heteroatoms. The second kappa shape index (κ2) is 8.27. The van der Waals surface area contributed by atoms with E-state index in [1.807, 2.05) is 49.4 Å². The standard InChI is InChI=1S/C22H21N3O2/c1-16(25(2)22(27)19-11-7-13-23-15-19)18-10-6-12-20(14-18)24-21(26)17-8-4-3-5-9-17/h3-16H,1-2H3,(H,24,26). The van der Waals surface area contributed by atoms with Gasteiger partial charge in [0.05, 0.1) is 11.6 Å². The van der Waals surface area contributed by atoms with Crippen molar-refractivity contribution in [2.75, 3.05) is 12.4 Å². The predicted octanol–water partition coefficient (Wildman–Crippen LogP) is 4.17. The minimum absolute atomic E-state index is 0.102. The van der Waals surface area contributed by atoms with Gasteiger partial charge in [-0.3, -0.25) is 14.6 Å². The van der Waals surface area contributed by atoms with Crippen LogP contribution in [0.4, 0.5) is 5.69 Å². The summed E-state index contributed by atoms with van der Waals surface area (Å²) in [4.78, 5) is 30.6. The number of nitrogens with zero attached hydrogens (tertiary/aromatic N) is 2. The molecule has 136 valence electrons. The summed E-state index contributed by atoms with van der Waals surface area (Å²) in [7, 11) is 1.76. The van der Waals surface area contributed by atoms with Crippen molar-refractivity contribution in [1.29, 1.82) is 0 Å². The quantitative estimate of drug-likeness (QED) is 0.744. The monoisotopic (exact) mass is 359 g/mol. The van der Waals surface area contributed by atoms with Gasteiger partial charge in [0.15, 0.2) is 0 Å². The minimum Gasteiger partial charge on any atom is -0.335 e. The lowest BCUT2D eigenvalue weighted by molar-refractivity contribution is 0.0742. The van der Waals surface area contributed by atoms with Gasteiger partial charge in [-0.25, -0.2) is 0 Å². The summed E-state index contributed by atoms with van der Waals surface area (Å²) >= 11 is 0. The molecule has 0 saturated carbocycles. The molecule has 1 aromatic heterocycles. The molecule has 2 aromatic carbocycles. The maximum absolute atomic E-state index is 12.6. The van der Waals surface area contributed by atoms with E-state index in [9.17, 15) is 9.59 Å². The summed E-state index contributed by atoms with van der Waals surface area (Å²) in [5, 5.41) is 2.90. The topological polar surface area (TPSA) is 62.3 Å². The molecule has 5 nitrogen and oxygen atoms in total. The van der Waals surface area contributed by atoms with Crippen LogP contribution in [0.25, 0.3) is 0 Å². The van der Waals surface area contributed by atoms with Crippen LogP contribution >= 0.6 is 0 Å². The zero-order chi connectivity index (χ0) is 19.2. The van der Waals surface area contributed by atoms with Gasteiger partial charge in [-0.2, -0.15) is 0 Å². The van der Waals surface area contributed by atoms with E-state index in [1.165, 1.54) is 0 Å². The van der Waals surface area contributed by atoms with Crippen LogP contribution in [-0.4, -0.2) is 28.7 Å². The lowest BCUT2D eigenvalue weighted by Crippen LogP contribution is -2.29. The molecule has 0 aliphatic heterocycles. The van der Waals surface area contributed by atoms with Crippen molar-refractivity contribution in [1.82, 2.24) is 9.88 Å². The highest BCUT2D eigenvalue weighted by Gasteiger charge is 2.19. The van der Waals surface area contributed by atoms with Crippen LogP contribution in [0.1, 0.15) is 39.2 Å². The third-order valence-corrected chi connectivity index (χ3v) is 4.47. The summed E-state index contributed by atoms with van der Waals surface area (Å²) in [5.41, 5.74) is 2.76. The highest BCUT2D eigenvalue weighted by atomic mass is 16.2. The van der Waals surface area contributed by atoms with Crippen molar-refractivity contribution in [2.24, 2.45) is 0 Å². The molecule has 3 rings (SSSR count). The number of rotatable bonds is 5. The Morgan fingerprint density at radius 2 is 1.70 bits per heavy atom. The van der Waals surface area contributed by atoms with E-state index in [0.29, 0.717) is 16.8 Å². The lowest BCUT2D eigenvalue weighted by atomic mass is 10.1. The molecule has 0 radical (unpaired) electrons. The van der Waals surface area contributed by atoms with Crippen LogP contribution in [0.5, 0.6) is 0 Å². The largest absolute Gasteiger partial charge is 0.335 e. The smallest absolute Gasteiger partial charge is 0.255 e. The van der Waals surface area contributed by atoms with Gasteiger partial charge in [0.1, 0.15) is 0 Å². The highest BCUT2D eigenvalue weighted by molar-refractivity contribution is 6.04. The number of amides is 2. The van der Waals surface area contributed by atoms with Gasteiger partial charge in [0.25, 0.3) is 11.8 Å². The van der Waals surface area contributed by atoms with Crippen LogP contribution < -0.4 is 5.32 Å². The Balaban J connectivity index is 1.74. The van der Waals surface area contributed by atoms with E-state index in [4.69, 9.17) is 0 Å². The zero-order valence-corrected chi connectivity index (χ0v) is 15.3. The Hall–Kier alpha value is -3.47. The number of anilines is 1. The molecule has 0 bridgehead atoms. The second-order valence-electron chi connectivity index (χ2n) is 6.28. The van der Waals surface area contributed by atoms with Crippen LogP contribution in [0, 0.1) is 0 Å². The number of nitrogens with one attached hydrogen (secondary N) is 1. The van der Waals surface area contributed by atoms with Gasteiger partial charge < -0.3 is 10.2 Å². The molecule has 0 spiro atoms. The van der Waals surface area contributed by atoms with Gasteiger partial charge in [-0.1, -0.05) is 30.3 Å². The fourth-order valence-corrected chi connectivity index (χ4v) is 2.76. The SMILES string of the molecule is CC(c1cccc(NC(=O)c2ccccc2)c1)N(C)C(=O)c1cccnc1. The van der Waals surface area contributed by atoms with E-state index < -0.39 is 0 Å². The molecular weight excluding hydrogens is 338 g/mol. The Morgan fingerprint density at radius 3 is 2.41 bits per heavy atom. The summed E-state index contributed by atoms with van der Waals surface area (Å²) in [6.45, 7) is 1.95. The van der Waals surface area contributed by atoms with Gasteiger partial charge >= 0.3 is 0 Å². The average Bonchev–Trinajstić information content (AvgIpc) is 2.73. The van der Waals surface area contributed by atoms with Gasteiger partial charge in [-0.15, -0.1) is 0 Å². The number of hydrogen-bond donors (Lipinski definition) is 1. The number of pyridine rings is 1. The number of benzene rings is 2. The van der Waals surface area contributed by atoms with E-state index in [2.05, 4.69) is 10.3 Å². The minimum atomic E-state index is -0.166. The fourth-order valence-electron chi connectivity index (χ4n) is 2.76. The normalized spacial score (nSPS) is 11.5. The molecule has 0 aliphatic carbocycles. The Morgan fingerprint density at radius 1 is 0.963 bits per heavy atom. The molecule has 0 fully saturated rings. The molecule has 0 saturated heterocycles. The molecule has 1 atom stereocenters. The average molecular weight is 359 g/mol. The van der Waals surface area contributed by atoms with Crippen molar-refractivity contribution in [2.45, 2.75) is 13.0 Å². The lowest BCUT2D eigenvalue weighted by Gasteiger charge is -2.25. The van der Waals surface area contributed by atoms with E-state index in [0.717, 1.165) is 5.56 Å². The molecular formula is C22H21N3O2. The summed E-state index contributed by atoms with van der Waals surface area (Å²) in [6.07, 6.45) is 3.20. The maximum Gasteiger partial charge on any atom is 0.255 e. The van der Waals surface area contributed by atoms with E-state index in [-0.39, 0.29) is 17.9 Å². The Labute approximate surface area is 158 Å². The highest BCUT2D eigenvalue weighted by Crippen LogP contribution is 2.23. The summed E-state index contributed by atoms with van der Waals surface area (Å²) in [6, 6.07) is 19.9. The number of hydrogen-bond acceptors (Lipinski definition) is 3. The number of carbonyl (C=O) groups excluding carboxylic acids is 2. The maximum atomic E-state index is 12.6. The molecule has 3 aromatic rings. The third-order valence-electron chi connectivity index (χ3n) is 4.47.